The van der Waals surface area contributed by atoms with Gasteiger partial charge >= 0.3 is 5.97 Å². The summed E-state index contributed by atoms with van der Waals surface area (Å²) < 4.78 is 0. The molecule has 0 aliphatic rings. The highest BCUT2D eigenvalue weighted by atomic mass is 16.4. The number of rotatable bonds is 22. The molecule has 0 saturated carbocycles. The lowest BCUT2D eigenvalue weighted by atomic mass is 9.86. The average molecular weight is 467 g/mol. The Morgan fingerprint density at radius 1 is 0.788 bits per heavy atom. The molecule has 2 N–H and O–H groups in total. The number of unbranched alkanes of at least 4 members (excludes halogenated alkanes) is 6. The number of hydrogen-bond acceptors (Lipinski definition) is 4. The van der Waals surface area contributed by atoms with Gasteiger partial charge in [0.2, 0.25) is 0 Å². The Morgan fingerprint density at radius 3 is 1.97 bits per heavy atom. The molecule has 0 aliphatic heterocycles. The molecule has 0 amide bonds. The van der Waals surface area contributed by atoms with Gasteiger partial charge in [-0.15, -0.1) is 0 Å². The number of carbonyl (C=O) groups excluding carboxylic acids is 2. The van der Waals surface area contributed by atoms with Gasteiger partial charge in [-0.1, -0.05) is 70.9 Å². The molecule has 5 heteroatoms. The quantitative estimate of drug-likeness (QED) is 0.104. The first-order valence-electron chi connectivity index (χ1n) is 13.0. The predicted molar refractivity (Wildman–Crippen MR) is 135 cm³/mol. The molecule has 0 heterocycles. The number of aldehydes is 2. The SMILES string of the molecule is CC(C)(CO)CCCCCCCC(C=O)C=CCCCC(C=O)CCCCC(C)(C)C(=O)O. The van der Waals surface area contributed by atoms with E-state index in [1.54, 1.807) is 13.8 Å². The van der Waals surface area contributed by atoms with Crippen molar-refractivity contribution < 1.29 is 24.6 Å². The maximum atomic E-state index is 11.3. The number of carbonyl (C=O) groups is 3. The van der Waals surface area contributed by atoms with E-state index in [1.807, 2.05) is 6.08 Å². The van der Waals surface area contributed by atoms with Gasteiger partial charge in [-0.2, -0.15) is 0 Å². The summed E-state index contributed by atoms with van der Waals surface area (Å²) in [6.07, 6.45) is 19.6. The van der Waals surface area contributed by atoms with E-state index in [2.05, 4.69) is 19.9 Å². The van der Waals surface area contributed by atoms with Gasteiger partial charge in [0.25, 0.3) is 0 Å². The minimum absolute atomic E-state index is 0.0159. The lowest BCUT2D eigenvalue weighted by molar-refractivity contribution is -0.147. The molecule has 0 aromatic heterocycles. The standard InChI is InChI=1S/C28H50O5/c1-27(2,23-31)19-13-7-5-6-9-15-24(21-29)16-10-8-11-17-25(22-30)18-12-14-20-28(3,4)26(32)33/h10,16,21-22,24-25,31H,5-9,11-15,17-20,23H2,1-4H3,(H,32,33). The van der Waals surface area contributed by atoms with Crippen LogP contribution in [0.4, 0.5) is 0 Å². The number of hydrogen-bond donors (Lipinski definition) is 2. The van der Waals surface area contributed by atoms with Gasteiger partial charge in [0.1, 0.15) is 12.6 Å². The Labute approximate surface area is 202 Å². The van der Waals surface area contributed by atoms with Crippen LogP contribution in [-0.2, 0) is 14.4 Å². The van der Waals surface area contributed by atoms with E-state index >= 15 is 0 Å². The molecule has 5 nitrogen and oxygen atoms in total. The van der Waals surface area contributed by atoms with Crippen LogP contribution in [-0.4, -0.2) is 35.4 Å². The summed E-state index contributed by atoms with van der Waals surface area (Å²) in [6.45, 7) is 7.92. The molecule has 2 unspecified atom stereocenters. The second-order valence-electron chi connectivity index (χ2n) is 11.1. The zero-order valence-electron chi connectivity index (χ0n) is 21.7. The third-order valence-corrected chi connectivity index (χ3v) is 6.72. The fraction of sp³-hybridized carbons (Fsp3) is 0.821. The molecule has 0 saturated heterocycles. The van der Waals surface area contributed by atoms with Gasteiger partial charge in [0.05, 0.1) is 5.41 Å². The van der Waals surface area contributed by atoms with Crippen molar-refractivity contribution >= 4 is 18.5 Å². The molecular formula is C28H50O5. The smallest absolute Gasteiger partial charge is 0.309 e. The van der Waals surface area contributed by atoms with Crippen LogP contribution in [0.25, 0.3) is 0 Å². The third-order valence-electron chi connectivity index (χ3n) is 6.72. The number of carboxylic acid groups (broad SMARTS) is 1. The predicted octanol–water partition coefficient (Wildman–Crippen LogP) is 6.76. The Kier molecular flexibility index (Phi) is 17.1. The highest BCUT2D eigenvalue weighted by Gasteiger charge is 2.26. The van der Waals surface area contributed by atoms with E-state index in [4.69, 9.17) is 5.11 Å². The highest BCUT2D eigenvalue weighted by molar-refractivity contribution is 5.73. The van der Waals surface area contributed by atoms with Gasteiger partial charge in [0, 0.05) is 18.4 Å². The Balaban J connectivity index is 3.91. The van der Waals surface area contributed by atoms with Crippen LogP contribution in [0, 0.1) is 22.7 Å². The molecule has 0 spiro atoms. The van der Waals surface area contributed by atoms with Crippen molar-refractivity contribution in [2.75, 3.05) is 6.61 Å². The summed E-state index contributed by atoms with van der Waals surface area (Å²) >= 11 is 0. The first-order chi connectivity index (χ1) is 15.6. The topological polar surface area (TPSA) is 91.7 Å². The maximum absolute atomic E-state index is 11.3. The van der Waals surface area contributed by atoms with Crippen LogP contribution >= 0.6 is 0 Å². The molecular weight excluding hydrogens is 416 g/mol. The molecule has 0 aromatic carbocycles. The van der Waals surface area contributed by atoms with Crippen molar-refractivity contribution in [1.29, 1.82) is 0 Å². The summed E-state index contributed by atoms with van der Waals surface area (Å²) in [7, 11) is 0. The zero-order valence-corrected chi connectivity index (χ0v) is 21.7. The van der Waals surface area contributed by atoms with Crippen LogP contribution in [0.15, 0.2) is 12.2 Å². The number of aliphatic carboxylic acids is 1. The molecule has 192 valence electrons. The normalized spacial score (nSPS) is 14.3. The molecule has 0 radical (unpaired) electrons. The van der Waals surface area contributed by atoms with Crippen molar-refractivity contribution in [3.8, 4) is 0 Å². The van der Waals surface area contributed by atoms with Crippen LogP contribution in [0.2, 0.25) is 0 Å². The third kappa shape index (κ3) is 16.7. The monoisotopic (exact) mass is 466 g/mol. The van der Waals surface area contributed by atoms with E-state index in [0.717, 1.165) is 83.2 Å². The second kappa shape index (κ2) is 17.9. The van der Waals surface area contributed by atoms with E-state index in [9.17, 15) is 19.5 Å². The molecule has 0 rings (SSSR count). The van der Waals surface area contributed by atoms with Crippen molar-refractivity contribution in [2.24, 2.45) is 22.7 Å². The minimum Gasteiger partial charge on any atom is -0.481 e. The molecule has 0 bridgehead atoms. The summed E-state index contributed by atoms with van der Waals surface area (Å²) in [5.74, 6) is -0.748. The first kappa shape index (κ1) is 31.5. The fourth-order valence-corrected chi connectivity index (χ4v) is 3.93. The maximum Gasteiger partial charge on any atom is 0.309 e. The van der Waals surface area contributed by atoms with Crippen molar-refractivity contribution in [3.63, 3.8) is 0 Å². The molecule has 0 fully saturated rings. The largest absolute Gasteiger partial charge is 0.481 e. The van der Waals surface area contributed by atoms with Gasteiger partial charge in [-0.25, -0.2) is 0 Å². The lowest BCUT2D eigenvalue weighted by Crippen LogP contribution is -2.23. The Hall–Kier alpha value is -1.49. The Bertz CT molecular complexity index is 565. The van der Waals surface area contributed by atoms with Crippen molar-refractivity contribution in [1.82, 2.24) is 0 Å². The van der Waals surface area contributed by atoms with E-state index in [0.29, 0.717) is 6.42 Å². The summed E-state index contributed by atoms with van der Waals surface area (Å²) in [6, 6.07) is 0. The van der Waals surface area contributed by atoms with Crippen LogP contribution in [0.1, 0.15) is 118 Å². The van der Waals surface area contributed by atoms with E-state index in [-0.39, 0.29) is 23.9 Å². The molecule has 0 aromatic rings. The second-order valence-corrected chi connectivity index (χ2v) is 11.1. The van der Waals surface area contributed by atoms with Gasteiger partial charge in [-0.3, -0.25) is 4.79 Å². The number of allylic oxidation sites excluding steroid dienone is 2. The van der Waals surface area contributed by atoms with E-state index in [1.165, 1.54) is 12.8 Å². The van der Waals surface area contributed by atoms with E-state index < -0.39 is 11.4 Å². The van der Waals surface area contributed by atoms with Gasteiger partial charge in [-0.05, 0) is 64.2 Å². The average Bonchev–Trinajstić information content (AvgIpc) is 2.77. The number of carboxylic acids is 1. The van der Waals surface area contributed by atoms with Crippen molar-refractivity contribution in [3.05, 3.63) is 12.2 Å². The first-order valence-corrected chi connectivity index (χ1v) is 13.0. The summed E-state index contributed by atoms with van der Waals surface area (Å²) in [5, 5.41) is 18.4. The van der Waals surface area contributed by atoms with Crippen LogP contribution in [0.5, 0.6) is 0 Å². The van der Waals surface area contributed by atoms with Crippen LogP contribution < -0.4 is 0 Å². The minimum atomic E-state index is -0.770. The van der Waals surface area contributed by atoms with Crippen molar-refractivity contribution in [2.45, 2.75) is 118 Å². The zero-order chi connectivity index (χ0) is 25.2. The Morgan fingerprint density at radius 2 is 1.36 bits per heavy atom. The van der Waals surface area contributed by atoms with Gasteiger partial charge < -0.3 is 19.8 Å². The lowest BCUT2D eigenvalue weighted by Gasteiger charge is -2.20. The molecule has 33 heavy (non-hydrogen) atoms. The van der Waals surface area contributed by atoms with Gasteiger partial charge in [0.15, 0.2) is 0 Å². The fourth-order valence-electron chi connectivity index (χ4n) is 3.93. The number of aliphatic hydroxyl groups excluding tert-OH is 1. The number of aliphatic hydroxyl groups is 1. The van der Waals surface area contributed by atoms with Crippen LogP contribution in [0.3, 0.4) is 0 Å². The molecule has 2 atom stereocenters. The highest BCUT2D eigenvalue weighted by Crippen LogP contribution is 2.25. The summed E-state index contributed by atoms with van der Waals surface area (Å²) in [5.41, 5.74) is -0.674. The molecule has 0 aliphatic carbocycles. The summed E-state index contributed by atoms with van der Waals surface area (Å²) in [4.78, 5) is 33.8.